The van der Waals surface area contributed by atoms with Gasteiger partial charge in [0, 0.05) is 12.7 Å². The number of amides is 2. The first-order valence-corrected chi connectivity index (χ1v) is 7.54. The third kappa shape index (κ3) is 4.44. The van der Waals surface area contributed by atoms with E-state index in [0.29, 0.717) is 19.5 Å². The quantitative estimate of drug-likeness (QED) is 0.928. The van der Waals surface area contributed by atoms with Gasteiger partial charge in [-0.25, -0.2) is 4.79 Å². The Kier molecular flexibility index (Phi) is 5.00. The zero-order chi connectivity index (χ0) is 16.2. The number of hydrogen-bond donors (Lipinski definition) is 1. The minimum Gasteiger partial charge on any atom is -0.444 e. The van der Waals surface area contributed by atoms with Crippen LogP contribution >= 0.6 is 0 Å². The van der Waals surface area contributed by atoms with E-state index in [1.807, 2.05) is 39.0 Å². The predicted octanol–water partition coefficient (Wildman–Crippen LogP) is 2.10. The van der Waals surface area contributed by atoms with Gasteiger partial charge in [-0.3, -0.25) is 14.7 Å². The van der Waals surface area contributed by atoms with Crippen molar-refractivity contribution in [2.24, 2.45) is 0 Å². The summed E-state index contributed by atoms with van der Waals surface area (Å²) in [5.41, 5.74) is 0.229. The van der Waals surface area contributed by atoms with Gasteiger partial charge in [0.25, 0.3) is 0 Å². The lowest BCUT2D eigenvalue weighted by Gasteiger charge is -2.28. The van der Waals surface area contributed by atoms with Gasteiger partial charge >= 0.3 is 6.09 Å². The molecule has 1 aliphatic rings. The summed E-state index contributed by atoms with van der Waals surface area (Å²) in [6.07, 6.45) is 2.72. The highest BCUT2D eigenvalue weighted by Gasteiger charge is 2.36. The van der Waals surface area contributed by atoms with Crippen LogP contribution in [-0.4, -0.2) is 40.1 Å². The lowest BCUT2D eigenvalue weighted by molar-refractivity contribution is -0.125. The molecule has 0 aromatic carbocycles. The topological polar surface area (TPSA) is 71.5 Å². The molecule has 1 atom stereocenters. The number of nitrogens with zero attached hydrogens (tertiary/aromatic N) is 2. The van der Waals surface area contributed by atoms with Gasteiger partial charge in [0.15, 0.2) is 0 Å². The highest BCUT2D eigenvalue weighted by Crippen LogP contribution is 2.21. The first-order valence-electron chi connectivity index (χ1n) is 7.54. The maximum atomic E-state index is 12.3. The Bertz CT molecular complexity index is 525. The first kappa shape index (κ1) is 16.3. The van der Waals surface area contributed by atoms with E-state index in [9.17, 15) is 9.59 Å². The number of nitrogens with one attached hydrogen (secondary N) is 1. The third-order valence-electron chi connectivity index (χ3n) is 3.35. The van der Waals surface area contributed by atoms with Gasteiger partial charge in [-0.15, -0.1) is 0 Å². The number of aromatic nitrogens is 1. The van der Waals surface area contributed by atoms with Crippen LogP contribution in [0.1, 0.15) is 39.3 Å². The van der Waals surface area contributed by atoms with Crippen LogP contribution in [0.2, 0.25) is 0 Å². The fraction of sp³-hybridized carbons (Fsp3) is 0.562. The second kappa shape index (κ2) is 6.77. The number of pyridine rings is 1. The Morgan fingerprint density at radius 2 is 2.18 bits per heavy atom. The van der Waals surface area contributed by atoms with E-state index >= 15 is 0 Å². The SMILES string of the molecule is CC(C)(C)OC(=O)N1CCC[C@H]1C(=O)NCc1ccccn1. The molecule has 2 heterocycles. The number of rotatable bonds is 3. The molecule has 0 spiro atoms. The summed E-state index contributed by atoms with van der Waals surface area (Å²) in [5, 5.41) is 2.84. The normalized spacial score (nSPS) is 18.1. The summed E-state index contributed by atoms with van der Waals surface area (Å²) >= 11 is 0. The molecule has 2 rings (SSSR count). The molecule has 1 aromatic rings. The van der Waals surface area contributed by atoms with Crippen molar-refractivity contribution in [1.82, 2.24) is 15.2 Å². The Morgan fingerprint density at radius 1 is 1.41 bits per heavy atom. The highest BCUT2D eigenvalue weighted by atomic mass is 16.6. The summed E-state index contributed by atoms with van der Waals surface area (Å²) < 4.78 is 5.36. The monoisotopic (exact) mass is 305 g/mol. The number of ether oxygens (including phenoxy) is 1. The molecule has 1 aromatic heterocycles. The number of hydrogen-bond acceptors (Lipinski definition) is 4. The molecule has 0 bridgehead atoms. The van der Waals surface area contributed by atoms with Crippen LogP contribution in [0.5, 0.6) is 0 Å². The van der Waals surface area contributed by atoms with Crippen LogP contribution < -0.4 is 5.32 Å². The van der Waals surface area contributed by atoms with Crippen LogP contribution in [0.3, 0.4) is 0 Å². The minimum atomic E-state index is -0.561. The van der Waals surface area contributed by atoms with Crippen molar-refractivity contribution in [3.05, 3.63) is 30.1 Å². The fourth-order valence-corrected chi connectivity index (χ4v) is 2.38. The molecule has 120 valence electrons. The molecule has 0 saturated carbocycles. The van der Waals surface area contributed by atoms with E-state index in [4.69, 9.17) is 4.74 Å². The molecule has 0 aliphatic carbocycles. The van der Waals surface area contributed by atoms with Crippen molar-refractivity contribution >= 4 is 12.0 Å². The van der Waals surface area contributed by atoms with E-state index in [-0.39, 0.29) is 5.91 Å². The summed E-state index contributed by atoms with van der Waals surface area (Å²) in [7, 11) is 0. The minimum absolute atomic E-state index is 0.158. The average Bonchev–Trinajstić information content (AvgIpc) is 2.93. The number of carbonyl (C=O) groups excluding carboxylic acids is 2. The Labute approximate surface area is 130 Å². The van der Waals surface area contributed by atoms with E-state index < -0.39 is 17.7 Å². The van der Waals surface area contributed by atoms with Crippen molar-refractivity contribution in [3.8, 4) is 0 Å². The van der Waals surface area contributed by atoms with Crippen LogP contribution in [0.25, 0.3) is 0 Å². The van der Waals surface area contributed by atoms with Crippen LogP contribution in [0, 0.1) is 0 Å². The molecule has 6 heteroatoms. The molecular formula is C16H23N3O3. The molecule has 1 N–H and O–H groups in total. The maximum absolute atomic E-state index is 12.3. The number of carbonyl (C=O) groups is 2. The third-order valence-corrected chi connectivity index (χ3v) is 3.35. The molecule has 1 saturated heterocycles. The van der Waals surface area contributed by atoms with Gasteiger partial charge in [-0.05, 0) is 45.7 Å². The summed E-state index contributed by atoms with van der Waals surface area (Å²) in [6.45, 7) is 6.36. The van der Waals surface area contributed by atoms with Crippen molar-refractivity contribution < 1.29 is 14.3 Å². The van der Waals surface area contributed by atoms with Crippen molar-refractivity contribution in [2.45, 2.75) is 51.8 Å². The lowest BCUT2D eigenvalue weighted by Crippen LogP contribution is -2.47. The van der Waals surface area contributed by atoms with Gasteiger partial charge in [0.05, 0.1) is 12.2 Å². The van der Waals surface area contributed by atoms with Gasteiger partial charge in [-0.2, -0.15) is 0 Å². The van der Waals surface area contributed by atoms with Gasteiger partial charge < -0.3 is 10.1 Å². The molecule has 1 aliphatic heterocycles. The summed E-state index contributed by atoms with van der Waals surface area (Å²) in [6, 6.07) is 5.09. The fourth-order valence-electron chi connectivity index (χ4n) is 2.38. The first-order chi connectivity index (χ1) is 10.4. The summed E-state index contributed by atoms with van der Waals surface area (Å²) in [5.74, 6) is -0.158. The van der Waals surface area contributed by atoms with Crippen molar-refractivity contribution in [3.63, 3.8) is 0 Å². The van der Waals surface area contributed by atoms with Gasteiger partial charge in [-0.1, -0.05) is 6.07 Å². The van der Waals surface area contributed by atoms with Crippen LogP contribution in [0.15, 0.2) is 24.4 Å². The van der Waals surface area contributed by atoms with E-state index in [0.717, 1.165) is 12.1 Å². The van der Waals surface area contributed by atoms with E-state index in [1.165, 1.54) is 4.90 Å². The van der Waals surface area contributed by atoms with Crippen LogP contribution in [-0.2, 0) is 16.1 Å². The average molecular weight is 305 g/mol. The van der Waals surface area contributed by atoms with Gasteiger partial charge in [0.2, 0.25) is 5.91 Å². The summed E-state index contributed by atoms with van der Waals surface area (Å²) in [4.78, 5) is 30.1. The van der Waals surface area contributed by atoms with E-state index in [1.54, 1.807) is 6.20 Å². The van der Waals surface area contributed by atoms with Crippen LogP contribution in [0.4, 0.5) is 4.79 Å². The molecule has 0 unspecified atom stereocenters. The lowest BCUT2D eigenvalue weighted by atomic mass is 10.2. The molecule has 6 nitrogen and oxygen atoms in total. The second-order valence-corrected chi connectivity index (χ2v) is 6.37. The van der Waals surface area contributed by atoms with Crippen molar-refractivity contribution in [2.75, 3.05) is 6.54 Å². The highest BCUT2D eigenvalue weighted by molar-refractivity contribution is 5.86. The number of likely N-dealkylation sites (tertiary alicyclic amines) is 1. The van der Waals surface area contributed by atoms with Crippen molar-refractivity contribution in [1.29, 1.82) is 0 Å². The largest absolute Gasteiger partial charge is 0.444 e. The smallest absolute Gasteiger partial charge is 0.410 e. The Balaban J connectivity index is 1.92. The maximum Gasteiger partial charge on any atom is 0.410 e. The Hall–Kier alpha value is -2.11. The molecule has 0 radical (unpaired) electrons. The van der Waals surface area contributed by atoms with Gasteiger partial charge in [0.1, 0.15) is 11.6 Å². The zero-order valence-electron chi connectivity index (χ0n) is 13.3. The molecule has 1 fully saturated rings. The molecule has 22 heavy (non-hydrogen) atoms. The predicted molar refractivity (Wildman–Crippen MR) is 82.0 cm³/mol. The van der Waals surface area contributed by atoms with E-state index in [2.05, 4.69) is 10.3 Å². The molecule has 2 amide bonds. The second-order valence-electron chi connectivity index (χ2n) is 6.37. The Morgan fingerprint density at radius 3 is 2.82 bits per heavy atom. The molecular weight excluding hydrogens is 282 g/mol. The standard InChI is InChI=1S/C16H23N3O3/c1-16(2,3)22-15(21)19-10-6-8-13(19)14(20)18-11-12-7-4-5-9-17-12/h4-5,7,9,13H,6,8,10-11H2,1-3H3,(H,18,20)/t13-/m0/s1. The zero-order valence-corrected chi connectivity index (χ0v) is 13.3.